The molecule has 0 saturated carbocycles. The van der Waals surface area contributed by atoms with Gasteiger partial charge in [0.05, 0.1) is 16.5 Å². The van der Waals surface area contributed by atoms with Crippen LogP contribution in [0.1, 0.15) is 5.56 Å². The van der Waals surface area contributed by atoms with Gasteiger partial charge in [-0.15, -0.1) is 0 Å². The van der Waals surface area contributed by atoms with E-state index in [2.05, 4.69) is 4.72 Å². The summed E-state index contributed by atoms with van der Waals surface area (Å²) in [6, 6.07) is 16.8. The maximum atomic E-state index is 12.9. The standard InChI is InChI=1S/C17H11FN2O2S/c18-14-7-9-15(10-8-14)20-23(21,22)16-6-2-4-12-3-1-5-13(11-19)17(12)16/h1-10,20H. The summed E-state index contributed by atoms with van der Waals surface area (Å²) in [4.78, 5) is 0.0106. The Kier molecular flexibility index (Phi) is 3.72. The van der Waals surface area contributed by atoms with Gasteiger partial charge in [0.25, 0.3) is 10.0 Å². The third-order valence-electron chi connectivity index (χ3n) is 3.37. The molecule has 3 aromatic rings. The summed E-state index contributed by atoms with van der Waals surface area (Å²) in [6.07, 6.45) is 0. The molecule has 3 rings (SSSR count). The van der Waals surface area contributed by atoms with Gasteiger partial charge in [-0.3, -0.25) is 4.72 Å². The van der Waals surface area contributed by atoms with E-state index in [0.717, 1.165) is 0 Å². The minimum atomic E-state index is -3.91. The van der Waals surface area contributed by atoms with Crippen LogP contribution in [-0.2, 0) is 10.0 Å². The van der Waals surface area contributed by atoms with E-state index in [0.29, 0.717) is 10.8 Å². The van der Waals surface area contributed by atoms with Gasteiger partial charge in [0.1, 0.15) is 5.82 Å². The fraction of sp³-hybridized carbons (Fsp3) is 0. The smallest absolute Gasteiger partial charge is 0.262 e. The van der Waals surface area contributed by atoms with Gasteiger partial charge in [-0.1, -0.05) is 24.3 Å². The van der Waals surface area contributed by atoms with E-state index < -0.39 is 15.8 Å². The fourth-order valence-corrected chi connectivity index (χ4v) is 3.66. The molecule has 0 atom stereocenters. The monoisotopic (exact) mass is 326 g/mol. The number of fused-ring (bicyclic) bond motifs is 1. The van der Waals surface area contributed by atoms with Gasteiger partial charge in [-0.2, -0.15) is 5.26 Å². The highest BCUT2D eigenvalue weighted by Gasteiger charge is 2.19. The second-order valence-electron chi connectivity index (χ2n) is 4.88. The normalized spacial score (nSPS) is 11.1. The van der Waals surface area contributed by atoms with Gasteiger partial charge in [-0.25, -0.2) is 12.8 Å². The van der Waals surface area contributed by atoms with Crippen molar-refractivity contribution in [2.75, 3.05) is 4.72 Å². The third-order valence-corrected chi connectivity index (χ3v) is 4.80. The van der Waals surface area contributed by atoms with E-state index in [1.807, 2.05) is 6.07 Å². The highest BCUT2D eigenvalue weighted by molar-refractivity contribution is 7.93. The van der Waals surface area contributed by atoms with Gasteiger partial charge in [0.15, 0.2) is 0 Å². The minimum Gasteiger partial charge on any atom is -0.280 e. The Balaban J connectivity index is 2.15. The fourth-order valence-electron chi connectivity index (χ4n) is 2.35. The summed E-state index contributed by atoms with van der Waals surface area (Å²) in [7, 11) is -3.91. The molecule has 23 heavy (non-hydrogen) atoms. The highest BCUT2D eigenvalue weighted by Crippen LogP contribution is 2.27. The number of anilines is 1. The molecule has 4 nitrogen and oxygen atoms in total. The Labute approximate surface area is 132 Å². The summed E-state index contributed by atoms with van der Waals surface area (Å²) in [5.74, 6) is -0.454. The molecule has 0 unspecified atom stereocenters. The topological polar surface area (TPSA) is 70.0 Å². The van der Waals surface area contributed by atoms with Gasteiger partial charge >= 0.3 is 0 Å². The minimum absolute atomic E-state index is 0.0106. The number of benzene rings is 3. The molecule has 0 bridgehead atoms. The van der Waals surface area contributed by atoms with E-state index in [4.69, 9.17) is 0 Å². The van der Waals surface area contributed by atoms with E-state index in [9.17, 15) is 18.1 Å². The molecule has 3 aromatic carbocycles. The van der Waals surface area contributed by atoms with Crippen molar-refractivity contribution in [2.24, 2.45) is 0 Å². The van der Waals surface area contributed by atoms with Gasteiger partial charge < -0.3 is 0 Å². The van der Waals surface area contributed by atoms with Crippen LogP contribution in [0.4, 0.5) is 10.1 Å². The summed E-state index contributed by atoms with van der Waals surface area (Å²) >= 11 is 0. The first-order chi connectivity index (χ1) is 11.0. The number of nitriles is 1. The van der Waals surface area contributed by atoms with Crippen molar-refractivity contribution >= 4 is 26.5 Å². The summed E-state index contributed by atoms with van der Waals surface area (Å²) in [6.45, 7) is 0. The second kappa shape index (κ2) is 5.71. The molecule has 6 heteroatoms. The average molecular weight is 326 g/mol. The molecule has 0 saturated heterocycles. The quantitative estimate of drug-likeness (QED) is 0.798. The number of halogens is 1. The first-order valence-corrected chi connectivity index (χ1v) is 8.20. The first-order valence-electron chi connectivity index (χ1n) is 6.71. The SMILES string of the molecule is N#Cc1cccc2cccc(S(=O)(=O)Nc3ccc(F)cc3)c12. The van der Waals surface area contributed by atoms with Crippen molar-refractivity contribution in [3.63, 3.8) is 0 Å². The van der Waals surface area contributed by atoms with Crippen LogP contribution in [0.25, 0.3) is 10.8 Å². The molecule has 0 aliphatic rings. The van der Waals surface area contributed by atoms with Crippen molar-refractivity contribution in [1.82, 2.24) is 0 Å². The van der Waals surface area contributed by atoms with Crippen molar-refractivity contribution < 1.29 is 12.8 Å². The van der Waals surface area contributed by atoms with E-state index >= 15 is 0 Å². The molecule has 0 amide bonds. The van der Waals surface area contributed by atoms with Crippen LogP contribution in [0, 0.1) is 17.1 Å². The van der Waals surface area contributed by atoms with Crippen LogP contribution in [0.15, 0.2) is 65.6 Å². The zero-order valence-corrected chi connectivity index (χ0v) is 12.6. The van der Waals surface area contributed by atoms with E-state index in [1.165, 1.54) is 30.3 Å². The lowest BCUT2D eigenvalue weighted by atomic mass is 10.1. The molecule has 0 spiro atoms. The zero-order chi connectivity index (χ0) is 16.4. The third kappa shape index (κ3) is 2.87. The number of nitrogens with one attached hydrogen (secondary N) is 1. The predicted octanol–water partition coefficient (Wildman–Crippen LogP) is 3.65. The largest absolute Gasteiger partial charge is 0.280 e. The average Bonchev–Trinajstić information content (AvgIpc) is 2.55. The first kappa shape index (κ1) is 15.0. The number of sulfonamides is 1. The highest BCUT2D eigenvalue weighted by atomic mass is 32.2. The Hall–Kier alpha value is -2.91. The molecular weight excluding hydrogens is 315 g/mol. The molecule has 0 aliphatic carbocycles. The Morgan fingerprint density at radius 1 is 0.957 bits per heavy atom. The lowest BCUT2D eigenvalue weighted by Crippen LogP contribution is -2.13. The van der Waals surface area contributed by atoms with E-state index in [1.54, 1.807) is 30.3 Å². The Bertz CT molecular complexity index is 1020. The predicted molar refractivity (Wildman–Crippen MR) is 85.9 cm³/mol. The number of rotatable bonds is 3. The molecule has 1 N–H and O–H groups in total. The molecule has 0 heterocycles. The van der Waals surface area contributed by atoms with Crippen LogP contribution in [0.2, 0.25) is 0 Å². The van der Waals surface area contributed by atoms with Crippen molar-refractivity contribution in [1.29, 1.82) is 5.26 Å². The number of hydrogen-bond acceptors (Lipinski definition) is 3. The number of hydrogen-bond donors (Lipinski definition) is 1. The number of nitrogens with zero attached hydrogens (tertiary/aromatic N) is 1. The molecule has 0 aliphatic heterocycles. The molecule has 0 aromatic heterocycles. The summed E-state index contributed by atoms with van der Waals surface area (Å²) in [5.41, 5.74) is 0.528. The van der Waals surface area contributed by atoms with Gasteiger partial charge in [0, 0.05) is 11.1 Å². The van der Waals surface area contributed by atoms with Gasteiger partial charge in [-0.05, 0) is 41.8 Å². The van der Waals surface area contributed by atoms with Crippen molar-refractivity contribution in [2.45, 2.75) is 4.90 Å². The molecule has 114 valence electrons. The molecule has 0 radical (unpaired) electrons. The lowest BCUT2D eigenvalue weighted by molar-refractivity contribution is 0.602. The summed E-state index contributed by atoms with van der Waals surface area (Å²) in [5, 5.41) is 10.3. The van der Waals surface area contributed by atoms with Crippen LogP contribution >= 0.6 is 0 Å². The van der Waals surface area contributed by atoms with Crippen LogP contribution in [-0.4, -0.2) is 8.42 Å². The van der Waals surface area contributed by atoms with Gasteiger partial charge in [0.2, 0.25) is 0 Å². The van der Waals surface area contributed by atoms with E-state index in [-0.39, 0.29) is 16.1 Å². The molecular formula is C17H11FN2O2S. The maximum Gasteiger partial charge on any atom is 0.262 e. The summed E-state index contributed by atoms with van der Waals surface area (Å²) < 4.78 is 40.6. The molecule has 0 fully saturated rings. The maximum absolute atomic E-state index is 12.9. The lowest BCUT2D eigenvalue weighted by Gasteiger charge is -2.11. The van der Waals surface area contributed by atoms with Crippen molar-refractivity contribution in [3.8, 4) is 6.07 Å². The van der Waals surface area contributed by atoms with Crippen LogP contribution in [0.5, 0.6) is 0 Å². The zero-order valence-electron chi connectivity index (χ0n) is 11.8. The van der Waals surface area contributed by atoms with Crippen molar-refractivity contribution in [3.05, 3.63) is 72.0 Å². The van der Waals surface area contributed by atoms with Crippen LogP contribution in [0.3, 0.4) is 0 Å². The Morgan fingerprint density at radius 3 is 2.26 bits per heavy atom. The van der Waals surface area contributed by atoms with Crippen LogP contribution < -0.4 is 4.72 Å². The second-order valence-corrected chi connectivity index (χ2v) is 6.53. The Morgan fingerprint density at radius 2 is 1.61 bits per heavy atom.